The molecule has 0 aliphatic rings. The summed E-state index contributed by atoms with van der Waals surface area (Å²) in [7, 11) is -3.96. The standard InChI is InChI=1S/C11H13F3N2O4S/c1-7-2-3-8(4-9(7)21(15,18)19)16-10(17)5-20-6-11(12,13)14/h2-4H,5-6H2,1H3,(H,16,17)(H2,15,18,19). The number of primary sulfonamides is 1. The van der Waals surface area contributed by atoms with Gasteiger partial charge in [-0.25, -0.2) is 13.6 Å². The Kier molecular flexibility index (Phi) is 5.31. The molecule has 1 amide bonds. The highest BCUT2D eigenvalue weighted by Crippen LogP contribution is 2.19. The molecule has 0 radical (unpaired) electrons. The van der Waals surface area contributed by atoms with Crippen LogP contribution in [0.3, 0.4) is 0 Å². The maximum Gasteiger partial charge on any atom is 0.411 e. The van der Waals surface area contributed by atoms with Crippen LogP contribution >= 0.6 is 0 Å². The second kappa shape index (κ2) is 6.41. The molecule has 118 valence electrons. The summed E-state index contributed by atoms with van der Waals surface area (Å²) in [6, 6.07) is 3.92. The van der Waals surface area contributed by atoms with Crippen molar-refractivity contribution >= 4 is 21.6 Å². The summed E-state index contributed by atoms with van der Waals surface area (Å²) in [6.45, 7) is -0.841. The van der Waals surface area contributed by atoms with Crippen LogP contribution in [-0.4, -0.2) is 33.7 Å². The highest BCUT2D eigenvalue weighted by atomic mass is 32.2. The molecule has 0 saturated heterocycles. The van der Waals surface area contributed by atoms with Crippen LogP contribution in [-0.2, 0) is 19.6 Å². The number of halogens is 3. The number of hydrogen-bond acceptors (Lipinski definition) is 4. The lowest BCUT2D eigenvalue weighted by molar-refractivity contribution is -0.174. The van der Waals surface area contributed by atoms with Crippen LogP contribution in [0.25, 0.3) is 0 Å². The Bertz CT molecular complexity index is 629. The molecule has 0 spiro atoms. The zero-order chi connectivity index (χ0) is 16.3. The molecule has 0 saturated carbocycles. The number of amides is 1. The molecule has 3 N–H and O–H groups in total. The SMILES string of the molecule is Cc1ccc(NC(=O)COCC(F)(F)F)cc1S(N)(=O)=O. The summed E-state index contributed by atoms with van der Waals surface area (Å²) in [4.78, 5) is 11.2. The van der Waals surface area contributed by atoms with Crippen LogP contribution in [0.1, 0.15) is 5.56 Å². The van der Waals surface area contributed by atoms with Crippen LogP contribution in [0.2, 0.25) is 0 Å². The van der Waals surface area contributed by atoms with Crippen LogP contribution in [0.5, 0.6) is 0 Å². The summed E-state index contributed by atoms with van der Waals surface area (Å²) in [5.41, 5.74) is 0.467. The van der Waals surface area contributed by atoms with Crippen LogP contribution in [0.4, 0.5) is 18.9 Å². The minimum absolute atomic E-state index is 0.0882. The molecular formula is C11H13F3N2O4S. The molecule has 6 nitrogen and oxygen atoms in total. The molecule has 0 aliphatic carbocycles. The number of alkyl halides is 3. The van der Waals surface area contributed by atoms with E-state index in [4.69, 9.17) is 5.14 Å². The third-order valence-electron chi connectivity index (χ3n) is 2.28. The van der Waals surface area contributed by atoms with Gasteiger partial charge >= 0.3 is 6.18 Å². The van der Waals surface area contributed by atoms with Crippen molar-refractivity contribution in [3.8, 4) is 0 Å². The molecule has 0 unspecified atom stereocenters. The van der Waals surface area contributed by atoms with Crippen molar-refractivity contribution in [2.45, 2.75) is 18.0 Å². The predicted molar refractivity (Wildman–Crippen MR) is 68.1 cm³/mol. The molecule has 1 aromatic rings. The van der Waals surface area contributed by atoms with Gasteiger partial charge in [0.05, 0.1) is 4.90 Å². The largest absolute Gasteiger partial charge is 0.411 e. The highest BCUT2D eigenvalue weighted by Gasteiger charge is 2.27. The van der Waals surface area contributed by atoms with Gasteiger partial charge in [-0.05, 0) is 24.6 Å². The summed E-state index contributed by atoms with van der Waals surface area (Å²) < 4.78 is 62.2. The Morgan fingerprint density at radius 3 is 2.52 bits per heavy atom. The molecule has 10 heteroatoms. The Balaban J connectivity index is 2.70. The van der Waals surface area contributed by atoms with Gasteiger partial charge in [0.1, 0.15) is 13.2 Å². The van der Waals surface area contributed by atoms with Gasteiger partial charge in [-0.2, -0.15) is 13.2 Å². The van der Waals surface area contributed by atoms with E-state index in [1.54, 1.807) is 0 Å². The minimum Gasteiger partial charge on any atom is -0.362 e. The number of carbonyl (C=O) groups excluding carboxylic acids is 1. The molecular weight excluding hydrogens is 313 g/mol. The highest BCUT2D eigenvalue weighted by molar-refractivity contribution is 7.89. The summed E-state index contributed by atoms with van der Waals surface area (Å²) >= 11 is 0. The number of aryl methyl sites for hydroxylation is 1. The first-order valence-corrected chi connectivity index (χ1v) is 7.11. The first-order chi connectivity index (χ1) is 9.49. The first-order valence-electron chi connectivity index (χ1n) is 5.57. The Hall–Kier alpha value is -1.65. The number of rotatable bonds is 5. The lowest BCUT2D eigenvalue weighted by atomic mass is 10.2. The maximum atomic E-state index is 11.8. The number of nitrogens with two attached hydrogens (primary N) is 1. The number of ether oxygens (including phenoxy) is 1. The van der Waals surface area contributed by atoms with Crippen LogP contribution in [0, 0.1) is 6.92 Å². The Morgan fingerprint density at radius 1 is 1.38 bits per heavy atom. The van der Waals surface area contributed by atoms with Crippen LogP contribution < -0.4 is 10.5 Å². The molecule has 0 atom stereocenters. The number of anilines is 1. The number of nitrogens with one attached hydrogen (secondary N) is 1. The monoisotopic (exact) mass is 326 g/mol. The van der Waals surface area contributed by atoms with Gasteiger partial charge in [-0.15, -0.1) is 0 Å². The zero-order valence-electron chi connectivity index (χ0n) is 10.9. The molecule has 0 aromatic heterocycles. The molecule has 21 heavy (non-hydrogen) atoms. The Morgan fingerprint density at radius 2 is 2.00 bits per heavy atom. The van der Waals surface area contributed by atoms with Crippen molar-refractivity contribution in [1.29, 1.82) is 0 Å². The van der Waals surface area contributed by atoms with Crippen molar-refractivity contribution in [2.75, 3.05) is 18.5 Å². The van der Waals surface area contributed by atoms with Gasteiger partial charge in [0.15, 0.2) is 0 Å². The smallest absolute Gasteiger partial charge is 0.362 e. The molecule has 0 aliphatic heterocycles. The van der Waals surface area contributed by atoms with Crippen LogP contribution in [0.15, 0.2) is 23.1 Å². The topological polar surface area (TPSA) is 98.5 Å². The fourth-order valence-corrected chi connectivity index (χ4v) is 2.25. The second-order valence-electron chi connectivity index (χ2n) is 4.18. The normalized spacial score (nSPS) is 12.2. The molecule has 0 bridgehead atoms. The average Bonchev–Trinajstić information content (AvgIpc) is 2.28. The van der Waals surface area contributed by atoms with Gasteiger partial charge in [0, 0.05) is 5.69 Å². The molecule has 1 aromatic carbocycles. The van der Waals surface area contributed by atoms with Crippen molar-refractivity contribution in [3.63, 3.8) is 0 Å². The number of hydrogen-bond donors (Lipinski definition) is 2. The van der Waals surface area contributed by atoms with Gasteiger partial charge < -0.3 is 10.1 Å². The molecule has 0 fully saturated rings. The first kappa shape index (κ1) is 17.4. The summed E-state index contributed by atoms with van der Waals surface area (Å²) in [5.74, 6) is -0.844. The van der Waals surface area contributed by atoms with Gasteiger partial charge in [0.2, 0.25) is 15.9 Å². The van der Waals surface area contributed by atoms with E-state index in [0.29, 0.717) is 5.56 Å². The fraction of sp³-hybridized carbons (Fsp3) is 0.364. The average molecular weight is 326 g/mol. The van der Waals surface area contributed by atoms with E-state index in [9.17, 15) is 26.4 Å². The van der Waals surface area contributed by atoms with Crippen molar-refractivity contribution < 1.29 is 31.1 Å². The van der Waals surface area contributed by atoms with E-state index >= 15 is 0 Å². The fourth-order valence-electron chi connectivity index (χ4n) is 1.44. The van der Waals surface area contributed by atoms with E-state index in [-0.39, 0.29) is 10.6 Å². The van der Waals surface area contributed by atoms with Crippen molar-refractivity contribution in [1.82, 2.24) is 0 Å². The summed E-state index contributed by atoms with van der Waals surface area (Å²) in [6.07, 6.45) is -4.52. The van der Waals surface area contributed by atoms with E-state index < -0.39 is 35.3 Å². The third-order valence-corrected chi connectivity index (χ3v) is 3.33. The maximum absolute atomic E-state index is 11.8. The zero-order valence-corrected chi connectivity index (χ0v) is 11.7. The Labute approximate surface area is 119 Å². The number of sulfonamides is 1. The van der Waals surface area contributed by atoms with Gasteiger partial charge in [-0.3, -0.25) is 4.79 Å². The van der Waals surface area contributed by atoms with Gasteiger partial charge in [-0.1, -0.05) is 6.07 Å². The molecule has 0 heterocycles. The number of carbonyl (C=O) groups is 1. The van der Waals surface area contributed by atoms with E-state index in [1.807, 2.05) is 0 Å². The second-order valence-corrected chi connectivity index (χ2v) is 5.71. The lowest BCUT2D eigenvalue weighted by Gasteiger charge is -2.10. The lowest BCUT2D eigenvalue weighted by Crippen LogP contribution is -2.24. The van der Waals surface area contributed by atoms with E-state index in [2.05, 4.69) is 10.1 Å². The predicted octanol–water partition coefficient (Wildman–Crippen LogP) is 1.16. The van der Waals surface area contributed by atoms with Crippen molar-refractivity contribution in [3.05, 3.63) is 23.8 Å². The quantitative estimate of drug-likeness (QED) is 0.848. The van der Waals surface area contributed by atoms with Gasteiger partial charge in [0.25, 0.3) is 0 Å². The summed E-state index contributed by atoms with van der Waals surface area (Å²) in [5, 5.41) is 7.21. The third kappa shape index (κ3) is 6.10. The molecule has 1 rings (SSSR count). The minimum atomic E-state index is -4.52. The van der Waals surface area contributed by atoms with Crippen molar-refractivity contribution in [2.24, 2.45) is 5.14 Å². The van der Waals surface area contributed by atoms with E-state index in [1.165, 1.54) is 19.1 Å². The number of benzene rings is 1. The van der Waals surface area contributed by atoms with E-state index in [0.717, 1.165) is 6.07 Å².